The van der Waals surface area contributed by atoms with Gasteiger partial charge in [0.25, 0.3) is 0 Å². The van der Waals surface area contributed by atoms with E-state index in [-0.39, 0.29) is 5.91 Å². The van der Waals surface area contributed by atoms with Crippen molar-refractivity contribution in [2.75, 3.05) is 20.2 Å². The van der Waals surface area contributed by atoms with E-state index in [0.717, 1.165) is 11.3 Å². The summed E-state index contributed by atoms with van der Waals surface area (Å²) in [5.74, 6) is 0.656. The molecular formula is C15H19NO3. The highest BCUT2D eigenvalue weighted by molar-refractivity contribution is 5.92. The van der Waals surface area contributed by atoms with Crippen molar-refractivity contribution in [3.05, 3.63) is 35.9 Å². The largest absolute Gasteiger partial charge is 0.496 e. The van der Waals surface area contributed by atoms with Crippen molar-refractivity contribution in [2.45, 2.75) is 18.9 Å². The summed E-state index contributed by atoms with van der Waals surface area (Å²) < 4.78 is 5.22. The molecule has 19 heavy (non-hydrogen) atoms. The first-order valence-corrected chi connectivity index (χ1v) is 6.34. The lowest BCUT2D eigenvalue weighted by atomic mass is 10.1. The van der Waals surface area contributed by atoms with Gasteiger partial charge in [-0.1, -0.05) is 18.2 Å². The van der Waals surface area contributed by atoms with Crippen LogP contribution >= 0.6 is 0 Å². The lowest BCUT2D eigenvalue weighted by molar-refractivity contribution is -0.125. The minimum absolute atomic E-state index is 0.0799. The summed E-state index contributed by atoms with van der Waals surface area (Å²) in [4.78, 5) is 13.7. The molecule has 1 aromatic carbocycles. The molecule has 1 heterocycles. The van der Waals surface area contributed by atoms with Gasteiger partial charge in [-0.15, -0.1) is 0 Å². The van der Waals surface area contributed by atoms with Crippen LogP contribution in [0.5, 0.6) is 5.75 Å². The lowest BCUT2D eigenvalue weighted by Crippen LogP contribution is -2.32. The molecule has 4 nitrogen and oxygen atoms in total. The van der Waals surface area contributed by atoms with Crippen LogP contribution in [0.1, 0.15) is 18.9 Å². The predicted molar refractivity (Wildman–Crippen MR) is 73.8 cm³/mol. The third-order valence-corrected chi connectivity index (χ3v) is 3.31. The second-order valence-electron chi connectivity index (χ2n) is 5.08. The molecule has 1 aliphatic heterocycles. The summed E-state index contributed by atoms with van der Waals surface area (Å²) in [5, 5.41) is 9.84. The standard InChI is InChI=1S/C15H19NO3/c1-15(18)9-10-16(11-15)14(17)8-7-12-5-3-4-6-13(12)19-2/h3-8,18H,9-11H2,1-2H3/b8-7+. The van der Waals surface area contributed by atoms with Gasteiger partial charge in [-0.25, -0.2) is 0 Å². The van der Waals surface area contributed by atoms with Crippen molar-refractivity contribution in [2.24, 2.45) is 0 Å². The van der Waals surface area contributed by atoms with Crippen molar-refractivity contribution < 1.29 is 14.6 Å². The van der Waals surface area contributed by atoms with Gasteiger partial charge in [0, 0.05) is 24.7 Å². The van der Waals surface area contributed by atoms with Gasteiger partial charge in [0.2, 0.25) is 5.91 Å². The maximum Gasteiger partial charge on any atom is 0.246 e. The summed E-state index contributed by atoms with van der Waals surface area (Å²) >= 11 is 0. The topological polar surface area (TPSA) is 49.8 Å². The first-order chi connectivity index (χ1) is 9.02. The summed E-state index contributed by atoms with van der Waals surface area (Å²) in [5.41, 5.74) is 0.109. The molecule has 1 aliphatic rings. The average Bonchev–Trinajstić information content (AvgIpc) is 2.76. The van der Waals surface area contributed by atoms with Gasteiger partial charge in [-0.3, -0.25) is 4.79 Å². The highest BCUT2D eigenvalue weighted by Gasteiger charge is 2.32. The van der Waals surface area contributed by atoms with Crippen molar-refractivity contribution in [3.63, 3.8) is 0 Å². The zero-order chi connectivity index (χ0) is 13.9. The predicted octanol–water partition coefficient (Wildman–Crippen LogP) is 1.69. The van der Waals surface area contributed by atoms with Crippen molar-refractivity contribution in [1.29, 1.82) is 0 Å². The number of hydrogen-bond donors (Lipinski definition) is 1. The van der Waals surface area contributed by atoms with Gasteiger partial charge in [-0.05, 0) is 25.5 Å². The number of carbonyl (C=O) groups is 1. The Bertz CT molecular complexity index is 494. The summed E-state index contributed by atoms with van der Waals surface area (Å²) in [6.07, 6.45) is 3.90. The quantitative estimate of drug-likeness (QED) is 0.842. The number of carbonyl (C=O) groups excluding carboxylic acids is 1. The maximum absolute atomic E-state index is 12.0. The number of benzene rings is 1. The van der Waals surface area contributed by atoms with E-state index in [2.05, 4.69) is 0 Å². The summed E-state index contributed by atoms with van der Waals surface area (Å²) in [6.45, 7) is 2.74. The molecule has 0 aliphatic carbocycles. The molecule has 0 bridgehead atoms. The zero-order valence-electron chi connectivity index (χ0n) is 11.3. The molecule has 0 aromatic heterocycles. The highest BCUT2D eigenvalue weighted by Crippen LogP contribution is 2.22. The fourth-order valence-electron chi connectivity index (χ4n) is 2.20. The number of rotatable bonds is 3. The number of likely N-dealkylation sites (tertiary alicyclic amines) is 1. The molecule has 4 heteroatoms. The van der Waals surface area contributed by atoms with Gasteiger partial charge >= 0.3 is 0 Å². The number of methoxy groups -OCH3 is 1. The Hall–Kier alpha value is -1.81. The van der Waals surface area contributed by atoms with E-state index in [4.69, 9.17) is 4.74 Å². The molecule has 1 aromatic rings. The number of amides is 1. The van der Waals surface area contributed by atoms with Crippen LogP contribution in [0.15, 0.2) is 30.3 Å². The van der Waals surface area contributed by atoms with Crippen LogP contribution < -0.4 is 4.74 Å². The van der Waals surface area contributed by atoms with Crippen LogP contribution in [0, 0.1) is 0 Å². The molecule has 102 valence electrons. The molecule has 0 spiro atoms. The number of hydrogen-bond acceptors (Lipinski definition) is 3. The Labute approximate surface area is 113 Å². The number of nitrogens with zero attached hydrogens (tertiary/aromatic N) is 1. The molecule has 0 radical (unpaired) electrons. The third kappa shape index (κ3) is 3.35. The van der Waals surface area contributed by atoms with Gasteiger partial charge in [-0.2, -0.15) is 0 Å². The molecule has 1 unspecified atom stereocenters. The number of β-amino-alcohol motifs (C(OH)–C–C–N with tert-alkyl or cyclic N) is 1. The molecule has 0 saturated carbocycles. The van der Waals surface area contributed by atoms with Crippen LogP contribution in [-0.4, -0.2) is 41.7 Å². The Balaban J connectivity index is 2.05. The SMILES string of the molecule is COc1ccccc1/C=C/C(=O)N1CCC(C)(O)C1. The van der Waals surface area contributed by atoms with Crippen LogP contribution in [0.3, 0.4) is 0 Å². The fraction of sp³-hybridized carbons (Fsp3) is 0.400. The van der Waals surface area contributed by atoms with Crippen molar-refractivity contribution in [3.8, 4) is 5.75 Å². The molecule has 1 atom stereocenters. The maximum atomic E-state index is 12.0. The first kappa shape index (κ1) is 13.6. The van der Waals surface area contributed by atoms with E-state index in [1.165, 1.54) is 6.08 Å². The Morgan fingerprint density at radius 1 is 1.47 bits per heavy atom. The van der Waals surface area contributed by atoms with E-state index in [1.807, 2.05) is 24.3 Å². The number of ether oxygens (including phenoxy) is 1. The molecular weight excluding hydrogens is 242 g/mol. The molecule has 2 rings (SSSR count). The summed E-state index contributed by atoms with van der Waals surface area (Å²) in [7, 11) is 1.60. The van der Waals surface area contributed by atoms with Crippen LogP contribution in [0.2, 0.25) is 0 Å². The first-order valence-electron chi connectivity index (χ1n) is 6.34. The minimum atomic E-state index is -0.756. The van der Waals surface area contributed by atoms with E-state index in [1.54, 1.807) is 25.0 Å². The zero-order valence-corrected chi connectivity index (χ0v) is 11.3. The van der Waals surface area contributed by atoms with E-state index < -0.39 is 5.60 Å². The number of aliphatic hydroxyl groups is 1. The van der Waals surface area contributed by atoms with Gasteiger partial charge in [0.15, 0.2) is 0 Å². The van der Waals surface area contributed by atoms with Crippen LogP contribution in [0.4, 0.5) is 0 Å². The molecule has 1 N–H and O–H groups in total. The Kier molecular flexibility index (Phi) is 3.90. The van der Waals surface area contributed by atoms with Crippen LogP contribution in [0.25, 0.3) is 6.08 Å². The molecule has 1 amide bonds. The fourth-order valence-corrected chi connectivity index (χ4v) is 2.20. The normalized spacial score (nSPS) is 23.0. The van der Waals surface area contributed by atoms with E-state index in [9.17, 15) is 9.90 Å². The second-order valence-corrected chi connectivity index (χ2v) is 5.08. The van der Waals surface area contributed by atoms with Gasteiger partial charge in [0.1, 0.15) is 5.75 Å². The van der Waals surface area contributed by atoms with Crippen molar-refractivity contribution >= 4 is 12.0 Å². The third-order valence-electron chi connectivity index (χ3n) is 3.31. The van der Waals surface area contributed by atoms with E-state index >= 15 is 0 Å². The second kappa shape index (κ2) is 5.45. The van der Waals surface area contributed by atoms with Crippen molar-refractivity contribution in [1.82, 2.24) is 4.90 Å². The lowest BCUT2D eigenvalue weighted by Gasteiger charge is -2.17. The molecule has 1 saturated heterocycles. The van der Waals surface area contributed by atoms with E-state index in [0.29, 0.717) is 19.5 Å². The van der Waals surface area contributed by atoms with Gasteiger partial charge < -0.3 is 14.7 Å². The Morgan fingerprint density at radius 3 is 2.84 bits per heavy atom. The molecule has 1 fully saturated rings. The smallest absolute Gasteiger partial charge is 0.246 e. The minimum Gasteiger partial charge on any atom is -0.496 e. The highest BCUT2D eigenvalue weighted by atomic mass is 16.5. The van der Waals surface area contributed by atoms with Crippen LogP contribution in [-0.2, 0) is 4.79 Å². The Morgan fingerprint density at radius 2 is 2.21 bits per heavy atom. The number of para-hydroxylation sites is 1. The van der Waals surface area contributed by atoms with Gasteiger partial charge in [0.05, 0.1) is 12.7 Å². The monoisotopic (exact) mass is 261 g/mol. The summed E-state index contributed by atoms with van der Waals surface area (Å²) in [6, 6.07) is 7.52. The average molecular weight is 261 g/mol.